The molecule has 1 amide bonds. The first kappa shape index (κ1) is 18.6. The zero-order valence-electron chi connectivity index (χ0n) is 15.6. The zero-order valence-corrected chi connectivity index (χ0v) is 15.6. The number of hydroxylamine groups is 1. The molecule has 4 rings (SSSR count). The van der Waals surface area contributed by atoms with Crippen LogP contribution < -0.4 is 10.2 Å². The van der Waals surface area contributed by atoms with Gasteiger partial charge in [-0.1, -0.05) is 36.4 Å². The van der Waals surface area contributed by atoms with Crippen LogP contribution in [0.5, 0.6) is 5.75 Å². The van der Waals surface area contributed by atoms with Gasteiger partial charge in [0.2, 0.25) is 0 Å². The Kier molecular flexibility index (Phi) is 5.73. The lowest BCUT2D eigenvalue weighted by molar-refractivity contribution is 0.0201. The number of nitrogens with one attached hydrogen (secondary N) is 1. The summed E-state index contributed by atoms with van der Waals surface area (Å²) in [5.74, 6) is 0.414. The van der Waals surface area contributed by atoms with E-state index in [1.807, 2.05) is 66.7 Å². The van der Waals surface area contributed by atoms with Crippen molar-refractivity contribution in [1.82, 2.24) is 15.4 Å². The molecule has 29 heavy (non-hydrogen) atoms. The summed E-state index contributed by atoms with van der Waals surface area (Å²) in [5.41, 5.74) is 5.22. The molecule has 0 atom stereocenters. The number of aromatic nitrogens is 2. The largest absolute Gasteiger partial charge is 0.491 e. The van der Waals surface area contributed by atoms with Gasteiger partial charge in [-0.3, -0.25) is 14.6 Å². The first-order valence-electron chi connectivity index (χ1n) is 9.21. The average Bonchev–Trinajstić information content (AvgIpc) is 2.79. The molecule has 0 spiro atoms. The quantitative estimate of drug-likeness (QED) is 0.384. The second kappa shape index (κ2) is 8.95. The van der Waals surface area contributed by atoms with Crippen LogP contribution >= 0.6 is 0 Å². The highest BCUT2D eigenvalue weighted by atomic mass is 16.7. The van der Waals surface area contributed by atoms with Crippen molar-refractivity contribution in [3.05, 3.63) is 90.8 Å². The highest BCUT2D eigenvalue weighted by Gasteiger charge is 2.14. The molecule has 0 saturated heterocycles. The number of hydrogen-bond acceptors (Lipinski definition) is 5. The fraction of sp³-hybridized carbons (Fsp3) is 0.0870. The van der Waals surface area contributed by atoms with Crippen molar-refractivity contribution in [2.75, 3.05) is 13.2 Å². The van der Waals surface area contributed by atoms with Crippen LogP contribution in [0.4, 0.5) is 0 Å². The van der Waals surface area contributed by atoms with Gasteiger partial charge in [-0.2, -0.15) is 0 Å². The summed E-state index contributed by atoms with van der Waals surface area (Å²) in [6, 6.07) is 22.4. The predicted octanol–water partition coefficient (Wildman–Crippen LogP) is 4.04. The van der Waals surface area contributed by atoms with E-state index in [1.165, 1.54) is 0 Å². The molecule has 2 aromatic heterocycles. The van der Waals surface area contributed by atoms with Crippen LogP contribution in [0, 0.1) is 0 Å². The maximum atomic E-state index is 12.8. The van der Waals surface area contributed by atoms with Gasteiger partial charge in [0.25, 0.3) is 5.91 Å². The molecule has 0 aliphatic rings. The number of benzene rings is 2. The van der Waals surface area contributed by atoms with Gasteiger partial charge < -0.3 is 4.74 Å². The fourth-order valence-electron chi connectivity index (χ4n) is 2.91. The molecule has 0 unspecified atom stereocenters. The van der Waals surface area contributed by atoms with Crippen LogP contribution in [-0.4, -0.2) is 29.1 Å². The summed E-state index contributed by atoms with van der Waals surface area (Å²) in [6.07, 6.45) is 3.42. The van der Waals surface area contributed by atoms with Gasteiger partial charge >= 0.3 is 0 Å². The Bertz CT molecular complexity index is 1100. The summed E-state index contributed by atoms with van der Waals surface area (Å²) in [6.45, 7) is 0.543. The number of nitrogens with zero attached hydrogens (tertiary/aromatic N) is 2. The van der Waals surface area contributed by atoms with Crippen molar-refractivity contribution in [3.8, 4) is 17.0 Å². The third kappa shape index (κ3) is 4.56. The maximum Gasteiger partial charge on any atom is 0.275 e. The van der Waals surface area contributed by atoms with E-state index in [4.69, 9.17) is 9.57 Å². The second-order valence-corrected chi connectivity index (χ2v) is 6.26. The van der Waals surface area contributed by atoms with Gasteiger partial charge in [-0.15, -0.1) is 0 Å². The van der Waals surface area contributed by atoms with Crippen molar-refractivity contribution >= 4 is 16.8 Å². The molecular weight excluding hydrogens is 366 g/mol. The SMILES string of the molecule is O=C(NOCCOc1ccccc1)c1cc(-c2cccnc2)nc2ccccc12. The fourth-order valence-corrected chi connectivity index (χ4v) is 2.91. The van der Waals surface area contributed by atoms with Crippen LogP contribution in [-0.2, 0) is 4.84 Å². The van der Waals surface area contributed by atoms with Crippen LogP contribution in [0.2, 0.25) is 0 Å². The number of pyridine rings is 2. The third-order valence-corrected chi connectivity index (χ3v) is 4.28. The van der Waals surface area contributed by atoms with Crippen LogP contribution in [0.25, 0.3) is 22.2 Å². The van der Waals surface area contributed by atoms with Crippen molar-refractivity contribution in [2.45, 2.75) is 0 Å². The van der Waals surface area contributed by atoms with Crippen LogP contribution in [0.3, 0.4) is 0 Å². The van der Waals surface area contributed by atoms with E-state index in [1.54, 1.807) is 18.5 Å². The van der Waals surface area contributed by atoms with Crippen LogP contribution in [0.1, 0.15) is 10.4 Å². The Morgan fingerprint density at radius 1 is 0.931 bits per heavy atom. The molecule has 4 aromatic rings. The van der Waals surface area contributed by atoms with Gasteiger partial charge in [0.1, 0.15) is 19.0 Å². The van der Waals surface area contributed by atoms with Gasteiger partial charge in [0, 0.05) is 23.3 Å². The van der Waals surface area contributed by atoms with E-state index >= 15 is 0 Å². The van der Waals surface area contributed by atoms with E-state index in [9.17, 15) is 4.79 Å². The minimum absolute atomic E-state index is 0.221. The lowest BCUT2D eigenvalue weighted by Gasteiger charge is -2.11. The van der Waals surface area contributed by atoms with Crippen LogP contribution in [0.15, 0.2) is 85.2 Å². The molecule has 2 heterocycles. The minimum Gasteiger partial charge on any atom is -0.491 e. The molecule has 144 valence electrons. The molecule has 0 fully saturated rings. The van der Waals surface area contributed by atoms with E-state index in [-0.39, 0.29) is 12.5 Å². The Balaban J connectivity index is 1.46. The summed E-state index contributed by atoms with van der Waals surface area (Å²) < 4.78 is 5.55. The standard InChI is InChI=1S/C23H19N3O3/c27-23(26-29-14-13-28-18-8-2-1-3-9-18)20-15-22(17-7-6-12-24-16-17)25-21-11-5-4-10-19(20)21/h1-12,15-16H,13-14H2,(H,26,27). The molecular formula is C23H19N3O3. The average molecular weight is 385 g/mol. The highest BCUT2D eigenvalue weighted by molar-refractivity contribution is 6.06. The second-order valence-electron chi connectivity index (χ2n) is 6.26. The number of amides is 1. The lowest BCUT2D eigenvalue weighted by atomic mass is 10.0. The summed E-state index contributed by atoms with van der Waals surface area (Å²) in [5, 5.41) is 0.752. The van der Waals surface area contributed by atoms with Gasteiger partial charge in [-0.05, 0) is 36.4 Å². The number of hydrogen-bond donors (Lipinski definition) is 1. The molecule has 0 saturated carbocycles. The topological polar surface area (TPSA) is 73.3 Å². The summed E-state index contributed by atoms with van der Waals surface area (Å²) in [4.78, 5) is 26.8. The molecule has 0 aliphatic carbocycles. The Labute approximate surface area is 168 Å². The van der Waals surface area contributed by atoms with E-state index in [0.717, 1.165) is 22.2 Å². The summed E-state index contributed by atoms with van der Waals surface area (Å²) in [7, 11) is 0. The Hall–Kier alpha value is -3.77. The lowest BCUT2D eigenvalue weighted by Crippen LogP contribution is -2.26. The monoisotopic (exact) mass is 385 g/mol. The molecule has 1 N–H and O–H groups in total. The van der Waals surface area contributed by atoms with Gasteiger partial charge in [0.15, 0.2) is 0 Å². The normalized spacial score (nSPS) is 10.6. The Morgan fingerprint density at radius 3 is 2.59 bits per heavy atom. The van der Waals surface area contributed by atoms with Crippen molar-refractivity contribution < 1.29 is 14.4 Å². The number of rotatable bonds is 7. The first-order chi connectivity index (χ1) is 14.3. The highest BCUT2D eigenvalue weighted by Crippen LogP contribution is 2.24. The predicted molar refractivity (Wildman–Crippen MR) is 110 cm³/mol. The third-order valence-electron chi connectivity index (χ3n) is 4.28. The molecule has 6 nitrogen and oxygen atoms in total. The number of para-hydroxylation sites is 2. The number of carbonyl (C=O) groups is 1. The first-order valence-corrected chi connectivity index (χ1v) is 9.21. The van der Waals surface area contributed by atoms with Crippen molar-refractivity contribution in [3.63, 3.8) is 0 Å². The van der Waals surface area contributed by atoms with Crippen molar-refractivity contribution in [1.29, 1.82) is 0 Å². The zero-order chi connectivity index (χ0) is 19.9. The van der Waals surface area contributed by atoms with E-state index in [0.29, 0.717) is 17.9 Å². The van der Waals surface area contributed by atoms with E-state index in [2.05, 4.69) is 15.4 Å². The Morgan fingerprint density at radius 2 is 1.76 bits per heavy atom. The minimum atomic E-state index is -0.339. The summed E-state index contributed by atoms with van der Waals surface area (Å²) >= 11 is 0. The number of fused-ring (bicyclic) bond motifs is 1. The molecule has 6 heteroatoms. The van der Waals surface area contributed by atoms with E-state index < -0.39 is 0 Å². The molecule has 2 aromatic carbocycles. The van der Waals surface area contributed by atoms with Gasteiger partial charge in [-0.25, -0.2) is 10.5 Å². The van der Waals surface area contributed by atoms with Crippen molar-refractivity contribution in [2.24, 2.45) is 0 Å². The molecule has 0 radical (unpaired) electrons. The van der Waals surface area contributed by atoms with Gasteiger partial charge in [0.05, 0.1) is 16.8 Å². The smallest absolute Gasteiger partial charge is 0.275 e. The number of ether oxygens (including phenoxy) is 1. The molecule has 0 aliphatic heterocycles. The molecule has 0 bridgehead atoms. The number of carbonyl (C=O) groups excluding carboxylic acids is 1. The maximum absolute atomic E-state index is 12.8.